The van der Waals surface area contributed by atoms with Crippen LogP contribution >= 0.6 is 11.6 Å². The Morgan fingerprint density at radius 3 is 2.50 bits per heavy atom. The van der Waals surface area contributed by atoms with Crippen molar-refractivity contribution < 1.29 is 9.50 Å². The number of aliphatic hydroxyl groups excluding tert-OH is 1. The fraction of sp³-hybridized carbons (Fsp3) is 0.538. The van der Waals surface area contributed by atoms with Crippen LogP contribution in [0.2, 0.25) is 5.02 Å². The standard InChI is InChI=1S/C13H18ClFO/c1-3-9(4-2)8-12(16)10-6-5-7-11(14)13(10)15/h5-7,9,12,16H,3-4,8H2,1-2H3. The van der Waals surface area contributed by atoms with Crippen LogP contribution in [0.5, 0.6) is 0 Å². The van der Waals surface area contributed by atoms with Gasteiger partial charge in [0.1, 0.15) is 5.82 Å². The van der Waals surface area contributed by atoms with Gasteiger partial charge in [-0.3, -0.25) is 0 Å². The van der Waals surface area contributed by atoms with Crippen LogP contribution in [0, 0.1) is 11.7 Å². The van der Waals surface area contributed by atoms with Crippen molar-refractivity contribution >= 4 is 11.6 Å². The van der Waals surface area contributed by atoms with Crippen molar-refractivity contribution in [3.05, 3.63) is 34.6 Å². The van der Waals surface area contributed by atoms with Crippen LogP contribution in [-0.4, -0.2) is 5.11 Å². The molecule has 0 aliphatic heterocycles. The molecule has 0 heterocycles. The van der Waals surface area contributed by atoms with Crippen LogP contribution in [0.3, 0.4) is 0 Å². The summed E-state index contributed by atoms with van der Waals surface area (Å²) in [5.41, 5.74) is 0.305. The zero-order chi connectivity index (χ0) is 12.1. The molecule has 1 aromatic rings. The topological polar surface area (TPSA) is 20.2 Å². The maximum atomic E-state index is 13.6. The average Bonchev–Trinajstić information content (AvgIpc) is 2.29. The lowest BCUT2D eigenvalue weighted by molar-refractivity contribution is 0.137. The van der Waals surface area contributed by atoms with Crippen LogP contribution in [0.25, 0.3) is 0 Å². The zero-order valence-electron chi connectivity index (χ0n) is 9.71. The first-order valence-corrected chi connectivity index (χ1v) is 6.09. The fourth-order valence-electron chi connectivity index (χ4n) is 1.84. The molecule has 1 unspecified atom stereocenters. The van der Waals surface area contributed by atoms with Gasteiger partial charge in [0.25, 0.3) is 0 Å². The molecule has 0 radical (unpaired) electrons. The maximum absolute atomic E-state index is 13.6. The Labute approximate surface area is 101 Å². The van der Waals surface area contributed by atoms with Gasteiger partial charge in [-0.15, -0.1) is 0 Å². The molecule has 3 heteroatoms. The lowest BCUT2D eigenvalue weighted by Gasteiger charge is -2.18. The third-order valence-corrected chi connectivity index (χ3v) is 3.34. The number of halogens is 2. The van der Waals surface area contributed by atoms with Gasteiger partial charge in [0.05, 0.1) is 11.1 Å². The van der Waals surface area contributed by atoms with E-state index in [1.165, 1.54) is 6.07 Å². The molecule has 0 fully saturated rings. The second-order valence-electron chi connectivity index (χ2n) is 4.08. The number of rotatable bonds is 5. The van der Waals surface area contributed by atoms with Gasteiger partial charge in [0.15, 0.2) is 0 Å². The lowest BCUT2D eigenvalue weighted by atomic mass is 9.93. The Morgan fingerprint density at radius 2 is 1.94 bits per heavy atom. The van der Waals surface area contributed by atoms with Gasteiger partial charge >= 0.3 is 0 Å². The van der Waals surface area contributed by atoms with Gasteiger partial charge in [0, 0.05) is 5.56 Å². The molecule has 0 saturated heterocycles. The SMILES string of the molecule is CCC(CC)CC(O)c1cccc(Cl)c1F. The van der Waals surface area contributed by atoms with Crippen molar-refractivity contribution in [2.75, 3.05) is 0 Å². The summed E-state index contributed by atoms with van der Waals surface area (Å²) in [5, 5.41) is 10.0. The summed E-state index contributed by atoms with van der Waals surface area (Å²) in [6, 6.07) is 4.75. The van der Waals surface area contributed by atoms with E-state index < -0.39 is 11.9 Å². The minimum absolute atomic E-state index is 0.0705. The third kappa shape index (κ3) is 3.19. The van der Waals surface area contributed by atoms with Gasteiger partial charge in [-0.2, -0.15) is 0 Å². The minimum atomic E-state index is -0.761. The predicted octanol–water partition coefficient (Wildman–Crippen LogP) is 4.34. The minimum Gasteiger partial charge on any atom is -0.388 e. The summed E-state index contributed by atoms with van der Waals surface area (Å²) in [5.74, 6) is -0.0731. The predicted molar refractivity (Wildman–Crippen MR) is 65.1 cm³/mol. The largest absolute Gasteiger partial charge is 0.388 e. The van der Waals surface area contributed by atoms with E-state index in [-0.39, 0.29) is 5.02 Å². The second kappa shape index (κ2) is 6.21. The molecule has 0 amide bonds. The van der Waals surface area contributed by atoms with Gasteiger partial charge < -0.3 is 5.11 Å². The average molecular weight is 245 g/mol. The van der Waals surface area contributed by atoms with E-state index >= 15 is 0 Å². The second-order valence-corrected chi connectivity index (χ2v) is 4.48. The van der Waals surface area contributed by atoms with E-state index in [1.54, 1.807) is 12.1 Å². The van der Waals surface area contributed by atoms with Crippen molar-refractivity contribution in [3.8, 4) is 0 Å². The van der Waals surface area contributed by atoms with Crippen LogP contribution in [0.4, 0.5) is 4.39 Å². The van der Waals surface area contributed by atoms with Crippen LogP contribution in [0.1, 0.15) is 44.8 Å². The molecule has 0 aromatic heterocycles. The molecule has 90 valence electrons. The van der Waals surface area contributed by atoms with E-state index in [0.717, 1.165) is 12.8 Å². The smallest absolute Gasteiger partial charge is 0.147 e. The van der Waals surface area contributed by atoms with Crippen molar-refractivity contribution in [3.63, 3.8) is 0 Å². The Kier molecular flexibility index (Phi) is 5.23. The summed E-state index contributed by atoms with van der Waals surface area (Å²) in [4.78, 5) is 0. The highest BCUT2D eigenvalue weighted by atomic mass is 35.5. The van der Waals surface area contributed by atoms with Crippen LogP contribution in [0.15, 0.2) is 18.2 Å². The highest BCUT2D eigenvalue weighted by Crippen LogP contribution is 2.29. The molecular weight excluding hydrogens is 227 g/mol. The first kappa shape index (κ1) is 13.5. The van der Waals surface area contributed by atoms with Gasteiger partial charge in [-0.25, -0.2) is 4.39 Å². The summed E-state index contributed by atoms with van der Waals surface area (Å²) in [6.07, 6.45) is 1.82. The quantitative estimate of drug-likeness (QED) is 0.817. The first-order chi connectivity index (χ1) is 7.60. The summed E-state index contributed by atoms with van der Waals surface area (Å²) in [7, 11) is 0. The van der Waals surface area contributed by atoms with Gasteiger partial charge in [0.2, 0.25) is 0 Å². The molecule has 16 heavy (non-hydrogen) atoms. The Hall–Kier alpha value is -0.600. The fourth-order valence-corrected chi connectivity index (χ4v) is 2.02. The number of hydrogen-bond donors (Lipinski definition) is 1. The normalized spacial score (nSPS) is 13.1. The van der Waals surface area contributed by atoms with E-state index in [0.29, 0.717) is 17.9 Å². The van der Waals surface area contributed by atoms with Crippen LogP contribution < -0.4 is 0 Å². The van der Waals surface area contributed by atoms with E-state index in [9.17, 15) is 9.50 Å². The molecule has 0 bridgehead atoms. The van der Waals surface area contributed by atoms with Gasteiger partial charge in [-0.05, 0) is 18.4 Å². The molecule has 0 spiro atoms. The van der Waals surface area contributed by atoms with E-state index in [2.05, 4.69) is 13.8 Å². The lowest BCUT2D eigenvalue weighted by Crippen LogP contribution is -2.07. The van der Waals surface area contributed by atoms with E-state index in [1.807, 2.05) is 0 Å². The molecule has 1 atom stereocenters. The van der Waals surface area contributed by atoms with Crippen molar-refractivity contribution in [2.24, 2.45) is 5.92 Å². The summed E-state index contributed by atoms with van der Waals surface area (Å²) < 4.78 is 13.6. The molecular formula is C13H18ClFO. The molecule has 1 nitrogen and oxygen atoms in total. The Morgan fingerprint density at radius 1 is 1.31 bits per heavy atom. The Bertz CT molecular complexity index is 337. The molecule has 1 rings (SSSR count). The molecule has 0 saturated carbocycles. The zero-order valence-corrected chi connectivity index (χ0v) is 10.5. The molecule has 1 N–H and O–H groups in total. The van der Waals surface area contributed by atoms with E-state index in [4.69, 9.17) is 11.6 Å². The maximum Gasteiger partial charge on any atom is 0.147 e. The van der Waals surface area contributed by atoms with Crippen molar-refractivity contribution in [1.82, 2.24) is 0 Å². The number of hydrogen-bond acceptors (Lipinski definition) is 1. The van der Waals surface area contributed by atoms with Crippen LogP contribution in [-0.2, 0) is 0 Å². The van der Waals surface area contributed by atoms with Gasteiger partial charge in [-0.1, -0.05) is 50.4 Å². The monoisotopic (exact) mass is 244 g/mol. The molecule has 1 aromatic carbocycles. The highest BCUT2D eigenvalue weighted by Gasteiger charge is 2.17. The Balaban J connectivity index is 2.80. The molecule has 0 aliphatic rings. The van der Waals surface area contributed by atoms with Crippen molar-refractivity contribution in [2.45, 2.75) is 39.2 Å². The van der Waals surface area contributed by atoms with Crippen molar-refractivity contribution in [1.29, 1.82) is 0 Å². The third-order valence-electron chi connectivity index (χ3n) is 3.05. The first-order valence-electron chi connectivity index (χ1n) is 5.72. The summed E-state index contributed by atoms with van der Waals surface area (Å²) >= 11 is 5.68. The number of aliphatic hydroxyl groups is 1. The molecule has 0 aliphatic carbocycles. The summed E-state index contributed by atoms with van der Waals surface area (Å²) in [6.45, 7) is 4.16. The highest BCUT2D eigenvalue weighted by molar-refractivity contribution is 6.30. The number of benzene rings is 1.